The summed E-state index contributed by atoms with van der Waals surface area (Å²) in [5.74, 6) is 1.05. The van der Waals surface area contributed by atoms with Crippen LogP contribution in [0.4, 0.5) is 0 Å². The molecule has 2 nitrogen and oxygen atoms in total. The zero-order chi connectivity index (χ0) is 12.5. The summed E-state index contributed by atoms with van der Waals surface area (Å²) in [5, 5.41) is 3.38. The Kier molecular flexibility index (Phi) is 3.43. The molecule has 0 fully saturated rings. The van der Waals surface area contributed by atoms with E-state index < -0.39 is 0 Å². The number of benzene rings is 1. The van der Waals surface area contributed by atoms with Crippen LogP contribution in [0, 0.1) is 0 Å². The van der Waals surface area contributed by atoms with Crippen LogP contribution in [0.2, 0.25) is 0 Å². The van der Waals surface area contributed by atoms with E-state index in [4.69, 9.17) is 4.74 Å². The third-order valence-electron chi connectivity index (χ3n) is 4.06. The van der Waals surface area contributed by atoms with Gasteiger partial charge in [0.15, 0.2) is 0 Å². The van der Waals surface area contributed by atoms with E-state index in [0.29, 0.717) is 6.04 Å². The van der Waals surface area contributed by atoms with Crippen molar-refractivity contribution < 1.29 is 4.74 Å². The maximum atomic E-state index is 5.72. The molecule has 1 aromatic rings. The predicted octanol–water partition coefficient (Wildman–Crippen LogP) is 3.42. The Labute approximate surface area is 104 Å². The summed E-state index contributed by atoms with van der Waals surface area (Å²) in [7, 11) is 2.03. The maximum absolute atomic E-state index is 5.72. The van der Waals surface area contributed by atoms with Gasteiger partial charge in [0, 0.05) is 18.0 Å². The molecule has 1 aliphatic rings. The van der Waals surface area contributed by atoms with Crippen molar-refractivity contribution in [1.29, 1.82) is 0 Å². The summed E-state index contributed by atoms with van der Waals surface area (Å²) in [6, 6.07) is 7.09. The molecule has 0 aliphatic carbocycles. The van der Waals surface area contributed by atoms with Crippen LogP contribution in [0.15, 0.2) is 18.2 Å². The zero-order valence-corrected chi connectivity index (χ0v) is 11.3. The molecule has 1 heterocycles. The zero-order valence-electron chi connectivity index (χ0n) is 11.3. The molecule has 1 atom stereocenters. The van der Waals surface area contributed by atoms with Gasteiger partial charge in [-0.2, -0.15) is 0 Å². The molecule has 0 amide bonds. The van der Waals surface area contributed by atoms with E-state index in [9.17, 15) is 0 Å². The van der Waals surface area contributed by atoms with Gasteiger partial charge < -0.3 is 10.1 Å². The molecule has 2 rings (SSSR count). The van der Waals surface area contributed by atoms with E-state index in [1.807, 2.05) is 7.05 Å². The molecule has 0 spiro atoms. The Morgan fingerprint density at radius 1 is 1.41 bits per heavy atom. The second-order valence-corrected chi connectivity index (χ2v) is 5.47. The van der Waals surface area contributed by atoms with Gasteiger partial charge in [-0.25, -0.2) is 0 Å². The normalized spacial score (nSPS) is 19.6. The molecular formula is C15H23NO. The van der Waals surface area contributed by atoms with Crippen molar-refractivity contribution >= 4 is 0 Å². The molecule has 2 heteroatoms. The van der Waals surface area contributed by atoms with Gasteiger partial charge in [0.2, 0.25) is 0 Å². The maximum Gasteiger partial charge on any atom is 0.124 e. The topological polar surface area (TPSA) is 21.3 Å². The summed E-state index contributed by atoms with van der Waals surface area (Å²) < 4.78 is 5.72. The van der Waals surface area contributed by atoms with E-state index in [0.717, 1.165) is 25.2 Å². The van der Waals surface area contributed by atoms with Crippen molar-refractivity contribution in [3.05, 3.63) is 29.3 Å². The van der Waals surface area contributed by atoms with Gasteiger partial charge >= 0.3 is 0 Å². The monoisotopic (exact) mass is 233 g/mol. The first-order valence-corrected chi connectivity index (χ1v) is 6.53. The first kappa shape index (κ1) is 12.4. The number of hydrogen-bond donors (Lipinski definition) is 1. The fraction of sp³-hybridized carbons (Fsp3) is 0.600. The minimum atomic E-state index is 0.241. The van der Waals surface area contributed by atoms with Crippen LogP contribution in [0.3, 0.4) is 0 Å². The van der Waals surface area contributed by atoms with Gasteiger partial charge in [-0.15, -0.1) is 0 Å². The van der Waals surface area contributed by atoms with E-state index in [-0.39, 0.29) is 5.41 Å². The summed E-state index contributed by atoms with van der Waals surface area (Å²) in [6.07, 6.45) is 2.20. The van der Waals surface area contributed by atoms with Crippen LogP contribution in [0.25, 0.3) is 0 Å². The molecule has 94 valence electrons. The molecular weight excluding hydrogens is 210 g/mol. The SMILES string of the molecule is CCC(C)(C)c1ccc2c(c1)C(NC)CCO2. The first-order chi connectivity index (χ1) is 8.08. The third-order valence-corrected chi connectivity index (χ3v) is 4.06. The van der Waals surface area contributed by atoms with E-state index in [2.05, 4.69) is 44.3 Å². The molecule has 0 radical (unpaired) electrons. The summed E-state index contributed by atoms with van der Waals surface area (Å²) >= 11 is 0. The third kappa shape index (κ3) is 2.32. The molecule has 0 saturated carbocycles. The first-order valence-electron chi connectivity index (χ1n) is 6.53. The highest BCUT2D eigenvalue weighted by molar-refractivity contribution is 5.42. The fourth-order valence-electron chi connectivity index (χ4n) is 2.32. The number of ether oxygens (including phenoxy) is 1. The van der Waals surface area contributed by atoms with Crippen LogP contribution in [0.1, 0.15) is 50.8 Å². The highest BCUT2D eigenvalue weighted by atomic mass is 16.5. The van der Waals surface area contributed by atoms with Gasteiger partial charge in [0.1, 0.15) is 5.75 Å². The molecule has 1 aliphatic heterocycles. The van der Waals surface area contributed by atoms with E-state index in [1.165, 1.54) is 11.1 Å². The molecule has 0 saturated heterocycles. The van der Waals surface area contributed by atoms with Crippen LogP contribution in [-0.2, 0) is 5.41 Å². The number of fused-ring (bicyclic) bond motifs is 1. The Hall–Kier alpha value is -1.02. The number of rotatable bonds is 3. The lowest BCUT2D eigenvalue weighted by molar-refractivity contribution is 0.257. The highest BCUT2D eigenvalue weighted by Gasteiger charge is 2.24. The number of hydrogen-bond acceptors (Lipinski definition) is 2. The summed E-state index contributed by atoms with van der Waals surface area (Å²) in [4.78, 5) is 0. The predicted molar refractivity (Wildman–Crippen MR) is 71.7 cm³/mol. The quantitative estimate of drug-likeness (QED) is 0.863. The van der Waals surface area contributed by atoms with Crippen LogP contribution < -0.4 is 10.1 Å². The van der Waals surface area contributed by atoms with Crippen molar-refractivity contribution in [1.82, 2.24) is 5.32 Å². The van der Waals surface area contributed by atoms with Crippen molar-refractivity contribution in [3.8, 4) is 5.75 Å². The Morgan fingerprint density at radius 2 is 2.18 bits per heavy atom. The number of nitrogens with one attached hydrogen (secondary N) is 1. The lowest BCUT2D eigenvalue weighted by atomic mass is 9.80. The Balaban J connectivity index is 2.41. The van der Waals surface area contributed by atoms with Gasteiger partial charge in [0.05, 0.1) is 6.61 Å². The van der Waals surface area contributed by atoms with E-state index >= 15 is 0 Å². The fourth-order valence-corrected chi connectivity index (χ4v) is 2.32. The van der Waals surface area contributed by atoms with Crippen molar-refractivity contribution in [2.24, 2.45) is 0 Å². The molecule has 1 N–H and O–H groups in total. The Bertz CT molecular complexity index is 398. The largest absolute Gasteiger partial charge is 0.493 e. The molecule has 0 aromatic heterocycles. The second-order valence-electron chi connectivity index (χ2n) is 5.47. The Morgan fingerprint density at radius 3 is 2.82 bits per heavy atom. The second kappa shape index (κ2) is 4.69. The minimum absolute atomic E-state index is 0.241. The smallest absolute Gasteiger partial charge is 0.124 e. The van der Waals surface area contributed by atoms with Crippen LogP contribution in [-0.4, -0.2) is 13.7 Å². The summed E-state index contributed by atoms with van der Waals surface area (Å²) in [6.45, 7) is 7.65. The molecule has 17 heavy (non-hydrogen) atoms. The average molecular weight is 233 g/mol. The van der Waals surface area contributed by atoms with Gasteiger partial charge in [-0.1, -0.05) is 26.8 Å². The highest BCUT2D eigenvalue weighted by Crippen LogP contribution is 2.36. The van der Waals surface area contributed by atoms with E-state index in [1.54, 1.807) is 0 Å². The lowest BCUT2D eigenvalue weighted by Gasteiger charge is -2.29. The minimum Gasteiger partial charge on any atom is -0.493 e. The van der Waals surface area contributed by atoms with Gasteiger partial charge in [0.25, 0.3) is 0 Å². The van der Waals surface area contributed by atoms with Crippen molar-refractivity contribution in [2.75, 3.05) is 13.7 Å². The average Bonchev–Trinajstić information content (AvgIpc) is 2.37. The molecule has 0 bridgehead atoms. The van der Waals surface area contributed by atoms with Gasteiger partial charge in [-0.3, -0.25) is 0 Å². The molecule has 1 unspecified atom stereocenters. The van der Waals surface area contributed by atoms with Crippen molar-refractivity contribution in [2.45, 2.75) is 45.1 Å². The lowest BCUT2D eigenvalue weighted by Crippen LogP contribution is -2.25. The van der Waals surface area contributed by atoms with Crippen LogP contribution >= 0.6 is 0 Å². The molecule has 1 aromatic carbocycles. The van der Waals surface area contributed by atoms with Crippen LogP contribution in [0.5, 0.6) is 5.75 Å². The standard InChI is InChI=1S/C15H23NO/c1-5-15(2,3)11-6-7-14-12(10-11)13(16-4)8-9-17-14/h6-7,10,13,16H,5,8-9H2,1-4H3. The van der Waals surface area contributed by atoms with Gasteiger partial charge in [-0.05, 0) is 36.6 Å². The van der Waals surface area contributed by atoms with Crippen molar-refractivity contribution in [3.63, 3.8) is 0 Å². The summed E-state index contributed by atoms with van der Waals surface area (Å²) in [5.41, 5.74) is 2.97.